The molecule has 0 aliphatic rings. The van der Waals surface area contributed by atoms with Crippen LogP contribution in [0.15, 0.2) is 36.0 Å². The fourth-order valence-electron chi connectivity index (χ4n) is 1.31. The maximum Gasteiger partial charge on any atom is 0.356 e. The van der Waals surface area contributed by atoms with Gasteiger partial charge in [0.15, 0.2) is 0 Å². The zero-order valence-corrected chi connectivity index (χ0v) is 10.2. The van der Waals surface area contributed by atoms with Crippen molar-refractivity contribution in [2.75, 3.05) is 6.61 Å². The Bertz CT molecular complexity index is 414. The van der Waals surface area contributed by atoms with Gasteiger partial charge in [-0.2, -0.15) is 8.78 Å². The number of hydrogen-bond donors (Lipinski definition) is 0. The van der Waals surface area contributed by atoms with Crippen LogP contribution in [0.1, 0.15) is 36.7 Å². The summed E-state index contributed by atoms with van der Waals surface area (Å²) in [5.41, 5.74) is 0.342. The molecular formula is C13H15F2NO2. The minimum Gasteiger partial charge on any atom is -0.461 e. The molecule has 0 radical (unpaired) electrons. The number of unbranched alkanes of at least 4 members (excludes halogenated alkanes) is 1. The largest absolute Gasteiger partial charge is 0.461 e. The van der Waals surface area contributed by atoms with E-state index in [4.69, 9.17) is 4.74 Å². The third-order valence-electron chi connectivity index (χ3n) is 2.38. The molecule has 1 aromatic heterocycles. The van der Waals surface area contributed by atoms with E-state index in [0.29, 0.717) is 19.3 Å². The number of nitrogens with zero attached hydrogens (tertiary/aromatic N) is 1. The van der Waals surface area contributed by atoms with Crippen LogP contribution in [0.25, 0.3) is 0 Å². The number of allylic oxidation sites excluding steroid dienone is 1. The molecule has 1 aromatic rings. The highest BCUT2D eigenvalue weighted by Crippen LogP contribution is 2.13. The van der Waals surface area contributed by atoms with E-state index in [1.54, 1.807) is 18.2 Å². The summed E-state index contributed by atoms with van der Waals surface area (Å²) in [5.74, 6) is -0.487. The summed E-state index contributed by atoms with van der Waals surface area (Å²) in [6, 6.07) is 4.97. The van der Waals surface area contributed by atoms with Gasteiger partial charge in [0.1, 0.15) is 5.69 Å². The summed E-state index contributed by atoms with van der Waals surface area (Å²) in [5, 5.41) is 0. The molecule has 5 heteroatoms. The van der Waals surface area contributed by atoms with E-state index in [1.807, 2.05) is 0 Å². The molecule has 1 rings (SSSR count). The summed E-state index contributed by atoms with van der Waals surface area (Å²) >= 11 is 0. The molecule has 0 N–H and O–H groups in total. The van der Waals surface area contributed by atoms with Crippen molar-refractivity contribution in [3.63, 3.8) is 0 Å². The lowest BCUT2D eigenvalue weighted by atomic mass is 10.1. The lowest BCUT2D eigenvalue weighted by Crippen LogP contribution is -2.08. The molecule has 0 amide bonds. The van der Waals surface area contributed by atoms with Crippen molar-refractivity contribution in [2.45, 2.75) is 26.2 Å². The first-order chi connectivity index (χ1) is 8.61. The van der Waals surface area contributed by atoms with Gasteiger partial charge < -0.3 is 4.74 Å². The zero-order valence-electron chi connectivity index (χ0n) is 10.2. The average Bonchev–Trinajstić information content (AvgIpc) is 2.38. The van der Waals surface area contributed by atoms with Crippen LogP contribution in [0.2, 0.25) is 0 Å². The summed E-state index contributed by atoms with van der Waals surface area (Å²) in [6.07, 6.45) is 1.33. The third-order valence-corrected chi connectivity index (χ3v) is 2.38. The average molecular weight is 255 g/mol. The Kier molecular flexibility index (Phi) is 5.97. The predicted molar refractivity (Wildman–Crippen MR) is 63.3 cm³/mol. The Morgan fingerprint density at radius 2 is 2.11 bits per heavy atom. The Labute approximate surface area is 104 Å². The Balaban J connectivity index is 2.19. The van der Waals surface area contributed by atoms with Gasteiger partial charge in [0.05, 0.1) is 6.61 Å². The van der Waals surface area contributed by atoms with Gasteiger partial charge in [-0.3, -0.25) is 0 Å². The van der Waals surface area contributed by atoms with E-state index in [1.165, 1.54) is 13.1 Å². The molecule has 1 heterocycles. The maximum atomic E-state index is 12.1. The standard InChI is InChI=1S/C13H15F2NO2/c1-10(12(14)15)6-3-5-9-18-13(17)11-7-2-4-8-16-11/h2,4,7-8H,3,5-6,9H2,1H3. The van der Waals surface area contributed by atoms with Crippen LogP contribution in [-0.2, 0) is 4.74 Å². The second-order valence-electron chi connectivity index (χ2n) is 3.85. The first kappa shape index (κ1) is 14.3. The molecule has 0 aliphatic carbocycles. The summed E-state index contributed by atoms with van der Waals surface area (Å²) in [7, 11) is 0. The van der Waals surface area contributed by atoms with Crippen molar-refractivity contribution in [2.24, 2.45) is 0 Å². The van der Waals surface area contributed by atoms with E-state index < -0.39 is 12.0 Å². The van der Waals surface area contributed by atoms with Crippen LogP contribution in [0.3, 0.4) is 0 Å². The van der Waals surface area contributed by atoms with Crippen molar-refractivity contribution in [3.8, 4) is 0 Å². The van der Waals surface area contributed by atoms with Gasteiger partial charge in [-0.15, -0.1) is 0 Å². The van der Waals surface area contributed by atoms with Crippen molar-refractivity contribution in [3.05, 3.63) is 41.7 Å². The number of ether oxygens (including phenoxy) is 1. The quantitative estimate of drug-likeness (QED) is 0.576. The number of halogens is 2. The van der Waals surface area contributed by atoms with Crippen LogP contribution in [0, 0.1) is 0 Å². The minimum atomic E-state index is -1.62. The number of esters is 1. The highest BCUT2D eigenvalue weighted by molar-refractivity contribution is 5.87. The third kappa shape index (κ3) is 5.03. The van der Waals surface area contributed by atoms with Crippen molar-refractivity contribution < 1.29 is 18.3 Å². The van der Waals surface area contributed by atoms with Gasteiger partial charge in [0, 0.05) is 6.20 Å². The van der Waals surface area contributed by atoms with Gasteiger partial charge >= 0.3 is 5.97 Å². The molecule has 0 saturated heterocycles. The number of pyridine rings is 1. The van der Waals surface area contributed by atoms with Crippen molar-refractivity contribution in [1.29, 1.82) is 0 Å². The van der Waals surface area contributed by atoms with E-state index >= 15 is 0 Å². The van der Waals surface area contributed by atoms with Gasteiger partial charge in [-0.1, -0.05) is 6.07 Å². The van der Waals surface area contributed by atoms with Crippen LogP contribution >= 0.6 is 0 Å². The number of aromatic nitrogens is 1. The Morgan fingerprint density at radius 3 is 2.72 bits per heavy atom. The number of carbonyl (C=O) groups is 1. The van der Waals surface area contributed by atoms with Crippen LogP contribution in [0.4, 0.5) is 8.78 Å². The Hall–Kier alpha value is -1.78. The fourth-order valence-corrected chi connectivity index (χ4v) is 1.31. The molecule has 0 unspecified atom stereocenters. The summed E-state index contributed by atoms with van der Waals surface area (Å²) in [6.45, 7) is 1.62. The second-order valence-corrected chi connectivity index (χ2v) is 3.85. The number of carbonyl (C=O) groups excluding carboxylic acids is 1. The summed E-state index contributed by atoms with van der Waals surface area (Å²) < 4.78 is 29.1. The number of hydrogen-bond acceptors (Lipinski definition) is 3. The molecule has 0 atom stereocenters. The molecule has 3 nitrogen and oxygen atoms in total. The summed E-state index contributed by atoms with van der Waals surface area (Å²) in [4.78, 5) is 15.3. The zero-order chi connectivity index (χ0) is 13.4. The lowest BCUT2D eigenvalue weighted by molar-refractivity contribution is 0.0491. The molecular weight excluding hydrogens is 240 g/mol. The van der Waals surface area contributed by atoms with Gasteiger partial charge in [0.25, 0.3) is 6.08 Å². The second kappa shape index (κ2) is 7.53. The van der Waals surface area contributed by atoms with E-state index in [2.05, 4.69) is 4.98 Å². The molecule has 18 heavy (non-hydrogen) atoms. The minimum absolute atomic E-state index is 0.0889. The normalized spacial score (nSPS) is 9.94. The molecule has 98 valence electrons. The molecule has 0 aliphatic heterocycles. The molecule has 0 saturated carbocycles. The highest BCUT2D eigenvalue weighted by atomic mass is 19.3. The maximum absolute atomic E-state index is 12.1. The Morgan fingerprint density at radius 1 is 1.33 bits per heavy atom. The van der Waals surface area contributed by atoms with E-state index in [9.17, 15) is 13.6 Å². The van der Waals surface area contributed by atoms with Crippen molar-refractivity contribution in [1.82, 2.24) is 4.98 Å². The van der Waals surface area contributed by atoms with Crippen LogP contribution < -0.4 is 0 Å². The first-order valence-electron chi connectivity index (χ1n) is 5.70. The molecule has 0 bridgehead atoms. The van der Waals surface area contributed by atoms with Gasteiger partial charge in [-0.25, -0.2) is 9.78 Å². The molecule has 0 spiro atoms. The topological polar surface area (TPSA) is 39.2 Å². The number of rotatable bonds is 6. The monoisotopic (exact) mass is 255 g/mol. The SMILES string of the molecule is CC(CCCCOC(=O)c1ccccn1)=C(F)F. The van der Waals surface area contributed by atoms with Gasteiger partial charge in [0.2, 0.25) is 0 Å². The lowest BCUT2D eigenvalue weighted by Gasteiger charge is -2.04. The van der Waals surface area contributed by atoms with Crippen LogP contribution in [0.5, 0.6) is 0 Å². The molecule has 0 aromatic carbocycles. The first-order valence-corrected chi connectivity index (χ1v) is 5.70. The van der Waals surface area contributed by atoms with Gasteiger partial charge in [-0.05, 0) is 43.9 Å². The van der Waals surface area contributed by atoms with Crippen molar-refractivity contribution >= 4 is 5.97 Å². The predicted octanol–water partition coefficient (Wildman–Crippen LogP) is 3.58. The fraction of sp³-hybridized carbons (Fsp3) is 0.385. The highest BCUT2D eigenvalue weighted by Gasteiger charge is 2.07. The smallest absolute Gasteiger partial charge is 0.356 e. The van der Waals surface area contributed by atoms with E-state index in [-0.39, 0.29) is 17.9 Å². The molecule has 0 fully saturated rings. The van der Waals surface area contributed by atoms with E-state index in [0.717, 1.165) is 0 Å². The van der Waals surface area contributed by atoms with Crippen LogP contribution in [-0.4, -0.2) is 17.6 Å².